The quantitative estimate of drug-likeness (QED) is 0.500. The summed E-state index contributed by atoms with van der Waals surface area (Å²) < 4.78 is 0. The highest BCUT2D eigenvalue weighted by molar-refractivity contribution is 7.14. The summed E-state index contributed by atoms with van der Waals surface area (Å²) in [7, 11) is 0. The molecule has 5 heteroatoms. The van der Waals surface area contributed by atoms with Gasteiger partial charge < -0.3 is 0 Å². The number of amides is 2. The molecular weight excluding hydrogens is 296 g/mol. The third kappa shape index (κ3) is 3.58. The van der Waals surface area contributed by atoms with Crippen LogP contribution in [0.25, 0.3) is 0 Å². The molecule has 3 rings (SSSR count). The van der Waals surface area contributed by atoms with E-state index in [1.165, 1.54) is 29.7 Å². The van der Waals surface area contributed by atoms with Crippen LogP contribution in [0.15, 0.2) is 18.2 Å². The highest BCUT2D eigenvalue weighted by Gasteiger charge is 2.20. The first kappa shape index (κ1) is 15.3. The van der Waals surface area contributed by atoms with Crippen molar-refractivity contribution in [3.8, 4) is 0 Å². The first-order valence-electron chi connectivity index (χ1n) is 8.11. The molecule has 0 aromatic carbocycles. The minimum absolute atomic E-state index is 0.0228. The van der Waals surface area contributed by atoms with Gasteiger partial charge in [-0.15, -0.1) is 11.3 Å². The van der Waals surface area contributed by atoms with E-state index in [1.54, 1.807) is 11.3 Å². The standard InChI is InChI=1S/C17H22N2O2S/c20-16(12-7-3-1-4-8-12)18-19-17(21)15-11-13-9-5-2-6-10-14(13)22-15/h1,3,11-12H,2,4-10H2,(H,18,20)(H,19,21). The number of rotatable bonds is 2. The molecule has 0 fully saturated rings. The average Bonchev–Trinajstić information content (AvgIpc) is 2.84. The Balaban J connectivity index is 1.55. The van der Waals surface area contributed by atoms with Gasteiger partial charge in [0.15, 0.2) is 0 Å². The molecule has 0 bridgehead atoms. The van der Waals surface area contributed by atoms with Crippen LogP contribution >= 0.6 is 11.3 Å². The predicted molar refractivity (Wildman–Crippen MR) is 87.7 cm³/mol. The van der Waals surface area contributed by atoms with Gasteiger partial charge in [-0.3, -0.25) is 20.4 Å². The van der Waals surface area contributed by atoms with Crippen molar-refractivity contribution in [1.29, 1.82) is 0 Å². The number of hydrogen-bond acceptors (Lipinski definition) is 3. The Morgan fingerprint density at radius 1 is 1.09 bits per heavy atom. The van der Waals surface area contributed by atoms with Gasteiger partial charge in [0.25, 0.3) is 5.91 Å². The SMILES string of the molecule is O=C(NNC(=O)C1CC=CCC1)c1cc2c(s1)CCCCC2. The van der Waals surface area contributed by atoms with Crippen LogP contribution in [-0.2, 0) is 17.6 Å². The summed E-state index contributed by atoms with van der Waals surface area (Å²) in [5, 5.41) is 0. The molecule has 2 N–H and O–H groups in total. The van der Waals surface area contributed by atoms with Gasteiger partial charge in [0.1, 0.15) is 0 Å². The monoisotopic (exact) mass is 318 g/mol. The van der Waals surface area contributed by atoms with E-state index in [-0.39, 0.29) is 17.7 Å². The summed E-state index contributed by atoms with van der Waals surface area (Å²) in [6, 6.07) is 2.00. The van der Waals surface area contributed by atoms with Crippen molar-refractivity contribution in [2.45, 2.75) is 51.4 Å². The first-order valence-corrected chi connectivity index (χ1v) is 8.92. The van der Waals surface area contributed by atoms with Gasteiger partial charge in [-0.05, 0) is 56.6 Å². The molecule has 22 heavy (non-hydrogen) atoms. The van der Waals surface area contributed by atoms with Crippen molar-refractivity contribution in [3.05, 3.63) is 33.5 Å². The Morgan fingerprint density at radius 2 is 1.95 bits per heavy atom. The normalized spacial score (nSPS) is 20.8. The van der Waals surface area contributed by atoms with Crippen LogP contribution in [0.3, 0.4) is 0 Å². The van der Waals surface area contributed by atoms with Crippen molar-refractivity contribution in [2.24, 2.45) is 5.92 Å². The lowest BCUT2D eigenvalue weighted by Crippen LogP contribution is -2.44. The maximum Gasteiger partial charge on any atom is 0.279 e. The van der Waals surface area contributed by atoms with Crippen molar-refractivity contribution in [1.82, 2.24) is 10.9 Å². The summed E-state index contributed by atoms with van der Waals surface area (Å²) in [5.41, 5.74) is 6.46. The van der Waals surface area contributed by atoms with Crippen LogP contribution < -0.4 is 10.9 Å². The van der Waals surface area contributed by atoms with Crippen LogP contribution in [0.1, 0.15) is 58.6 Å². The first-order chi connectivity index (χ1) is 10.7. The molecule has 1 unspecified atom stereocenters. The number of carbonyl (C=O) groups is 2. The molecule has 0 saturated carbocycles. The molecule has 118 valence electrons. The van der Waals surface area contributed by atoms with Gasteiger partial charge in [-0.25, -0.2) is 0 Å². The Hall–Kier alpha value is -1.62. The molecule has 0 aliphatic heterocycles. The summed E-state index contributed by atoms with van der Waals surface area (Å²) >= 11 is 1.57. The van der Waals surface area contributed by atoms with Gasteiger partial charge in [0, 0.05) is 10.8 Å². The summed E-state index contributed by atoms with van der Waals surface area (Å²) in [6.45, 7) is 0. The van der Waals surface area contributed by atoms with Gasteiger partial charge in [-0.1, -0.05) is 18.6 Å². The Morgan fingerprint density at radius 3 is 2.77 bits per heavy atom. The zero-order chi connectivity index (χ0) is 15.4. The molecule has 1 atom stereocenters. The molecule has 1 aromatic rings. The van der Waals surface area contributed by atoms with E-state index in [0.717, 1.165) is 32.1 Å². The van der Waals surface area contributed by atoms with Crippen LogP contribution in [0.5, 0.6) is 0 Å². The maximum absolute atomic E-state index is 12.2. The number of aryl methyl sites for hydroxylation is 2. The van der Waals surface area contributed by atoms with E-state index in [1.807, 2.05) is 12.1 Å². The van der Waals surface area contributed by atoms with Crippen LogP contribution in [0.2, 0.25) is 0 Å². The number of fused-ring (bicyclic) bond motifs is 1. The largest absolute Gasteiger partial charge is 0.279 e. The number of nitrogens with one attached hydrogen (secondary N) is 2. The van der Waals surface area contributed by atoms with Crippen molar-refractivity contribution in [2.75, 3.05) is 0 Å². The lowest BCUT2D eigenvalue weighted by molar-refractivity contribution is -0.126. The van der Waals surface area contributed by atoms with E-state index in [9.17, 15) is 9.59 Å². The van der Waals surface area contributed by atoms with Crippen LogP contribution in [-0.4, -0.2) is 11.8 Å². The zero-order valence-corrected chi connectivity index (χ0v) is 13.5. The van der Waals surface area contributed by atoms with Gasteiger partial charge in [0.2, 0.25) is 5.91 Å². The van der Waals surface area contributed by atoms with Crippen molar-refractivity contribution in [3.63, 3.8) is 0 Å². The summed E-state index contributed by atoms with van der Waals surface area (Å²) in [6.07, 6.45) is 12.5. The molecule has 2 aliphatic rings. The maximum atomic E-state index is 12.2. The van der Waals surface area contributed by atoms with Gasteiger partial charge >= 0.3 is 0 Å². The van der Waals surface area contributed by atoms with E-state index in [0.29, 0.717) is 4.88 Å². The van der Waals surface area contributed by atoms with Gasteiger partial charge in [-0.2, -0.15) is 0 Å². The highest BCUT2D eigenvalue weighted by Crippen LogP contribution is 2.28. The fourth-order valence-electron chi connectivity index (χ4n) is 3.09. The third-order valence-corrected chi connectivity index (χ3v) is 5.65. The Bertz CT molecular complexity index is 568. The predicted octanol–water partition coefficient (Wildman–Crippen LogP) is 3.13. The number of allylic oxidation sites excluding steroid dienone is 2. The third-order valence-electron chi connectivity index (χ3n) is 4.41. The minimum atomic E-state index is -0.197. The molecule has 0 saturated heterocycles. The smallest absolute Gasteiger partial charge is 0.273 e. The number of hydrazine groups is 1. The highest BCUT2D eigenvalue weighted by atomic mass is 32.1. The molecule has 2 aliphatic carbocycles. The van der Waals surface area contributed by atoms with E-state index < -0.39 is 0 Å². The van der Waals surface area contributed by atoms with Crippen molar-refractivity contribution >= 4 is 23.2 Å². The number of thiophene rings is 1. The Kier molecular flexibility index (Phi) is 4.93. The average molecular weight is 318 g/mol. The van der Waals surface area contributed by atoms with E-state index in [2.05, 4.69) is 16.9 Å². The lowest BCUT2D eigenvalue weighted by Gasteiger charge is -2.17. The molecule has 4 nitrogen and oxygen atoms in total. The molecule has 0 spiro atoms. The summed E-state index contributed by atoms with van der Waals surface area (Å²) in [4.78, 5) is 26.3. The molecule has 1 aromatic heterocycles. The molecule has 2 amide bonds. The topological polar surface area (TPSA) is 58.2 Å². The Labute approximate surface area is 135 Å². The second-order valence-corrected chi connectivity index (χ2v) is 7.18. The minimum Gasteiger partial charge on any atom is -0.273 e. The second-order valence-electron chi connectivity index (χ2n) is 6.04. The zero-order valence-electron chi connectivity index (χ0n) is 12.7. The summed E-state index contributed by atoms with van der Waals surface area (Å²) in [5.74, 6) is -0.307. The molecule has 1 heterocycles. The number of hydrogen-bond donors (Lipinski definition) is 2. The second kappa shape index (κ2) is 7.09. The molecule has 0 radical (unpaired) electrons. The van der Waals surface area contributed by atoms with E-state index >= 15 is 0 Å². The van der Waals surface area contributed by atoms with E-state index in [4.69, 9.17) is 0 Å². The van der Waals surface area contributed by atoms with Crippen LogP contribution in [0, 0.1) is 5.92 Å². The number of carbonyl (C=O) groups excluding carboxylic acids is 2. The lowest BCUT2D eigenvalue weighted by atomic mass is 9.94. The van der Waals surface area contributed by atoms with Gasteiger partial charge in [0.05, 0.1) is 4.88 Å². The molecular formula is C17H22N2O2S. The fraction of sp³-hybridized carbons (Fsp3) is 0.529. The van der Waals surface area contributed by atoms with Crippen LogP contribution in [0.4, 0.5) is 0 Å². The fourth-order valence-corrected chi connectivity index (χ4v) is 4.24. The van der Waals surface area contributed by atoms with Crippen molar-refractivity contribution < 1.29 is 9.59 Å².